The highest BCUT2D eigenvalue weighted by Gasteiger charge is 2.24. The van der Waals surface area contributed by atoms with Crippen LogP contribution in [-0.2, 0) is 23.9 Å². The number of carboxylic acid groups (broad SMARTS) is 1. The summed E-state index contributed by atoms with van der Waals surface area (Å²) >= 11 is 0.754. The van der Waals surface area contributed by atoms with Crippen molar-refractivity contribution in [2.75, 3.05) is 11.9 Å². The van der Waals surface area contributed by atoms with E-state index in [4.69, 9.17) is 14.3 Å². The summed E-state index contributed by atoms with van der Waals surface area (Å²) in [7, 11) is 0. The van der Waals surface area contributed by atoms with Crippen molar-refractivity contribution in [2.45, 2.75) is 59.7 Å². The molecule has 0 spiro atoms. The van der Waals surface area contributed by atoms with Crippen molar-refractivity contribution in [3.63, 3.8) is 0 Å². The number of hydrogen-bond acceptors (Lipinski definition) is 10. The quantitative estimate of drug-likeness (QED) is 0.378. The Morgan fingerprint density at radius 3 is 2.24 bits per heavy atom. The molecule has 1 rings (SSSR count). The lowest BCUT2D eigenvalue weighted by Gasteiger charge is -2.21. The highest BCUT2D eigenvalue weighted by atomic mass is 32.1. The zero-order chi connectivity index (χ0) is 22.4. The van der Waals surface area contributed by atoms with Gasteiger partial charge in [-0.2, -0.15) is 9.36 Å². The zero-order valence-corrected chi connectivity index (χ0v) is 18.2. The maximum atomic E-state index is 11.9. The third kappa shape index (κ3) is 9.32. The van der Waals surface area contributed by atoms with Gasteiger partial charge >= 0.3 is 18.0 Å². The highest BCUT2D eigenvalue weighted by Crippen LogP contribution is 2.15. The number of aliphatic carboxylic acids is 1. The van der Waals surface area contributed by atoms with Crippen LogP contribution in [-0.4, -0.2) is 56.0 Å². The molecule has 1 atom stereocenters. The first-order chi connectivity index (χ1) is 13.2. The van der Waals surface area contributed by atoms with Crippen LogP contribution >= 0.6 is 11.5 Å². The summed E-state index contributed by atoms with van der Waals surface area (Å²) in [5, 5.41) is 15.2. The number of aromatic nitrogens is 2. The molecule has 1 aromatic heterocycles. The normalized spacial score (nSPS) is 13.4. The number of amides is 1. The molecule has 2 N–H and O–H groups in total. The molecule has 11 nitrogen and oxygen atoms in total. The third-order valence-corrected chi connectivity index (χ3v) is 3.37. The standard InChI is InChI=1S/C17H26N4O7S/c1-9(13(24)27-16(2,3)4)8-26-20-10(12(22)23)11-18-14(29-21-11)19-15(25)28-17(5,6)7/h9H,8H2,1-7H3,(H,22,23)(H,18,19,21,25). The summed E-state index contributed by atoms with van der Waals surface area (Å²) in [5.74, 6) is -2.85. The predicted molar refractivity (Wildman–Crippen MR) is 105 cm³/mol. The van der Waals surface area contributed by atoms with E-state index in [0.717, 1.165) is 11.5 Å². The molecule has 12 heteroatoms. The Hall–Kier alpha value is -2.76. The first kappa shape index (κ1) is 24.3. The number of nitrogens with one attached hydrogen (secondary N) is 1. The van der Waals surface area contributed by atoms with Gasteiger partial charge in [0.05, 0.1) is 5.92 Å². The second-order valence-electron chi connectivity index (χ2n) is 8.03. The van der Waals surface area contributed by atoms with Crippen molar-refractivity contribution >= 4 is 40.4 Å². The molecule has 1 heterocycles. The van der Waals surface area contributed by atoms with Crippen molar-refractivity contribution in [1.82, 2.24) is 9.36 Å². The highest BCUT2D eigenvalue weighted by molar-refractivity contribution is 7.10. The van der Waals surface area contributed by atoms with Crippen molar-refractivity contribution in [3.8, 4) is 0 Å². The maximum absolute atomic E-state index is 11.9. The minimum atomic E-state index is -1.43. The van der Waals surface area contributed by atoms with Gasteiger partial charge in [0.2, 0.25) is 16.7 Å². The van der Waals surface area contributed by atoms with E-state index in [1.807, 2.05) is 0 Å². The topological polar surface area (TPSA) is 149 Å². The van der Waals surface area contributed by atoms with Gasteiger partial charge in [0.15, 0.2) is 0 Å². The van der Waals surface area contributed by atoms with Crippen LogP contribution in [0.25, 0.3) is 0 Å². The van der Waals surface area contributed by atoms with Gasteiger partial charge in [-0.05, 0) is 48.5 Å². The summed E-state index contributed by atoms with van der Waals surface area (Å²) < 4.78 is 14.1. The van der Waals surface area contributed by atoms with E-state index in [1.165, 1.54) is 0 Å². The van der Waals surface area contributed by atoms with Crippen LogP contribution in [0.2, 0.25) is 0 Å². The molecule has 0 aliphatic heterocycles. The minimum absolute atomic E-state index is 0.0327. The molecule has 0 aliphatic rings. The number of carbonyl (C=O) groups is 3. The van der Waals surface area contributed by atoms with Gasteiger partial charge in [-0.25, -0.2) is 9.59 Å². The van der Waals surface area contributed by atoms with E-state index < -0.39 is 40.9 Å². The number of hydrogen-bond donors (Lipinski definition) is 2. The summed E-state index contributed by atoms with van der Waals surface area (Å²) in [6, 6.07) is 0. The Bertz CT molecular complexity index is 777. The Kier molecular flexibility index (Phi) is 8.06. The molecule has 1 unspecified atom stereocenters. The van der Waals surface area contributed by atoms with E-state index in [-0.39, 0.29) is 17.6 Å². The van der Waals surface area contributed by atoms with Crippen molar-refractivity contribution < 1.29 is 33.8 Å². The molecule has 29 heavy (non-hydrogen) atoms. The van der Waals surface area contributed by atoms with Crippen LogP contribution in [0.4, 0.5) is 9.93 Å². The van der Waals surface area contributed by atoms with Crippen LogP contribution < -0.4 is 5.32 Å². The van der Waals surface area contributed by atoms with Gasteiger partial charge < -0.3 is 19.4 Å². The second-order valence-corrected chi connectivity index (χ2v) is 8.78. The average molecular weight is 430 g/mol. The zero-order valence-electron chi connectivity index (χ0n) is 17.4. The minimum Gasteiger partial charge on any atom is -0.476 e. The van der Waals surface area contributed by atoms with Gasteiger partial charge in [-0.1, -0.05) is 5.16 Å². The molecule has 0 bridgehead atoms. The first-order valence-electron chi connectivity index (χ1n) is 8.68. The molecule has 0 fully saturated rings. The third-order valence-electron chi connectivity index (χ3n) is 2.74. The summed E-state index contributed by atoms with van der Waals surface area (Å²) in [6.45, 7) is 11.7. The van der Waals surface area contributed by atoms with Gasteiger partial charge in [0.25, 0.3) is 0 Å². The summed E-state index contributed by atoms with van der Waals surface area (Å²) in [4.78, 5) is 43.9. The number of anilines is 1. The fourth-order valence-electron chi connectivity index (χ4n) is 1.62. The Morgan fingerprint density at radius 1 is 1.14 bits per heavy atom. The molecule has 0 aromatic carbocycles. The second kappa shape index (κ2) is 9.63. The van der Waals surface area contributed by atoms with Gasteiger partial charge in [0.1, 0.15) is 17.8 Å². The van der Waals surface area contributed by atoms with Gasteiger partial charge in [0, 0.05) is 11.5 Å². The smallest absolute Gasteiger partial charge is 0.414 e. The van der Waals surface area contributed by atoms with Crippen LogP contribution in [0.5, 0.6) is 0 Å². The number of carboxylic acids is 1. The molecule has 0 saturated heterocycles. The number of nitrogens with zero attached hydrogens (tertiary/aromatic N) is 3. The molecule has 1 aromatic rings. The largest absolute Gasteiger partial charge is 0.476 e. The van der Waals surface area contributed by atoms with E-state index in [1.54, 1.807) is 48.5 Å². The van der Waals surface area contributed by atoms with Crippen LogP contribution in [0.1, 0.15) is 54.3 Å². The molecule has 162 valence electrons. The van der Waals surface area contributed by atoms with E-state index in [9.17, 15) is 19.5 Å². The number of rotatable bonds is 7. The average Bonchev–Trinajstić information content (AvgIpc) is 2.95. The summed E-state index contributed by atoms with van der Waals surface area (Å²) in [5.41, 5.74) is -1.93. The monoisotopic (exact) mass is 430 g/mol. The molecule has 0 aliphatic carbocycles. The molecular formula is C17H26N4O7S. The SMILES string of the molecule is CC(CON=C(C(=O)O)c1nsc(NC(=O)OC(C)(C)C)n1)C(=O)OC(C)(C)C. The Labute approximate surface area is 172 Å². The molecule has 0 radical (unpaired) electrons. The Balaban J connectivity index is 2.76. The van der Waals surface area contributed by atoms with Gasteiger partial charge in [-0.15, -0.1) is 0 Å². The maximum Gasteiger partial charge on any atom is 0.414 e. The molecular weight excluding hydrogens is 404 g/mol. The lowest BCUT2D eigenvalue weighted by molar-refractivity contribution is -0.161. The van der Waals surface area contributed by atoms with Crippen LogP contribution in [0, 0.1) is 5.92 Å². The van der Waals surface area contributed by atoms with E-state index in [0.29, 0.717) is 0 Å². The number of esters is 1. The van der Waals surface area contributed by atoms with Crippen molar-refractivity contribution in [1.29, 1.82) is 0 Å². The van der Waals surface area contributed by atoms with Gasteiger partial charge in [-0.3, -0.25) is 10.1 Å². The Morgan fingerprint density at radius 2 is 1.72 bits per heavy atom. The van der Waals surface area contributed by atoms with Crippen molar-refractivity contribution in [2.24, 2.45) is 11.1 Å². The fraction of sp³-hybridized carbons (Fsp3) is 0.647. The molecule has 0 saturated carbocycles. The van der Waals surface area contributed by atoms with Crippen LogP contribution in [0.15, 0.2) is 5.16 Å². The lowest BCUT2D eigenvalue weighted by atomic mass is 10.1. The van der Waals surface area contributed by atoms with E-state index in [2.05, 4.69) is 19.8 Å². The van der Waals surface area contributed by atoms with E-state index >= 15 is 0 Å². The molecule has 1 amide bonds. The number of ether oxygens (including phenoxy) is 2. The fourth-order valence-corrected chi connectivity index (χ4v) is 2.18. The number of carbonyl (C=O) groups excluding carboxylic acids is 2. The first-order valence-corrected chi connectivity index (χ1v) is 9.45. The van der Waals surface area contributed by atoms with Crippen LogP contribution in [0.3, 0.4) is 0 Å². The number of oxime groups is 1. The summed E-state index contributed by atoms with van der Waals surface area (Å²) in [6.07, 6.45) is -0.753. The van der Waals surface area contributed by atoms with Crippen molar-refractivity contribution in [3.05, 3.63) is 5.82 Å². The lowest BCUT2D eigenvalue weighted by Crippen LogP contribution is -2.29. The predicted octanol–water partition coefficient (Wildman–Crippen LogP) is 2.67.